The lowest BCUT2D eigenvalue weighted by molar-refractivity contribution is 0.160. The molecule has 0 saturated carbocycles. The third-order valence-electron chi connectivity index (χ3n) is 3.08. The highest BCUT2D eigenvalue weighted by atomic mass is 79.9. The van der Waals surface area contributed by atoms with Crippen LogP contribution in [0.4, 0.5) is 4.39 Å². The average Bonchev–Trinajstić information content (AvgIpc) is 2.77. The maximum absolute atomic E-state index is 13.8. The highest BCUT2D eigenvalue weighted by Gasteiger charge is 2.24. The maximum atomic E-state index is 13.8. The Bertz CT molecular complexity index is 599. The van der Waals surface area contributed by atoms with Crippen LogP contribution in [0, 0.1) is 5.82 Å². The van der Waals surface area contributed by atoms with E-state index in [1.807, 2.05) is 0 Å². The molecule has 1 atom stereocenters. The Morgan fingerprint density at radius 2 is 2.28 bits per heavy atom. The molecule has 1 aromatic carbocycles. The van der Waals surface area contributed by atoms with Crippen molar-refractivity contribution in [1.82, 2.24) is 4.98 Å². The number of aromatic nitrogens is 1. The summed E-state index contributed by atoms with van der Waals surface area (Å²) in [5, 5.41) is 10.6. The molecule has 0 spiro atoms. The number of rotatable bonds is 1. The number of hydrogen-bond acceptors (Lipinski definition) is 3. The molecule has 0 aliphatic heterocycles. The Hall–Kier alpha value is -0.780. The van der Waals surface area contributed by atoms with Crippen LogP contribution in [0.25, 0.3) is 10.6 Å². The second-order valence-corrected chi connectivity index (χ2v) is 6.31. The molecule has 2 aromatic rings. The van der Waals surface area contributed by atoms with E-state index >= 15 is 0 Å². The van der Waals surface area contributed by atoms with Crippen molar-refractivity contribution in [2.45, 2.75) is 25.4 Å². The van der Waals surface area contributed by atoms with E-state index in [0.717, 1.165) is 34.3 Å². The van der Waals surface area contributed by atoms with Crippen molar-refractivity contribution < 1.29 is 9.50 Å². The number of thiazole rings is 1. The highest BCUT2D eigenvalue weighted by molar-refractivity contribution is 9.10. The molecule has 18 heavy (non-hydrogen) atoms. The van der Waals surface area contributed by atoms with Gasteiger partial charge in [0.05, 0.1) is 16.7 Å². The standard InChI is InChI=1S/C13H11BrFNOS/c14-7-4-5-9(15)8(6-7)13-16-10-2-1-3-11(17)12(10)18-13/h4-6,11,17H,1-3H2. The molecule has 0 saturated heterocycles. The number of aliphatic hydroxyl groups is 1. The summed E-state index contributed by atoms with van der Waals surface area (Å²) in [6, 6.07) is 4.82. The number of aryl methyl sites for hydroxylation is 1. The first kappa shape index (κ1) is 12.3. The predicted molar refractivity (Wildman–Crippen MR) is 73.1 cm³/mol. The Balaban J connectivity index is 2.10. The van der Waals surface area contributed by atoms with Gasteiger partial charge in [-0.3, -0.25) is 0 Å². The van der Waals surface area contributed by atoms with Gasteiger partial charge >= 0.3 is 0 Å². The minimum absolute atomic E-state index is 0.279. The molecule has 0 amide bonds. The predicted octanol–water partition coefficient (Wildman–Crippen LogP) is 4.08. The third-order valence-corrected chi connectivity index (χ3v) is 4.81. The lowest BCUT2D eigenvalue weighted by atomic mass is 10.0. The van der Waals surface area contributed by atoms with Crippen molar-refractivity contribution in [1.29, 1.82) is 0 Å². The Kier molecular flexibility index (Phi) is 3.21. The minimum Gasteiger partial charge on any atom is -0.388 e. The number of benzene rings is 1. The van der Waals surface area contributed by atoms with E-state index in [-0.39, 0.29) is 5.82 Å². The van der Waals surface area contributed by atoms with Crippen LogP contribution in [0.3, 0.4) is 0 Å². The van der Waals surface area contributed by atoms with Crippen LogP contribution in [0.1, 0.15) is 29.5 Å². The van der Waals surface area contributed by atoms with Gasteiger partial charge in [-0.05, 0) is 37.5 Å². The van der Waals surface area contributed by atoms with Gasteiger partial charge in [0.15, 0.2) is 0 Å². The maximum Gasteiger partial charge on any atom is 0.133 e. The van der Waals surface area contributed by atoms with E-state index in [4.69, 9.17) is 0 Å². The van der Waals surface area contributed by atoms with Gasteiger partial charge in [-0.15, -0.1) is 11.3 Å². The Labute approximate surface area is 117 Å². The van der Waals surface area contributed by atoms with E-state index in [0.29, 0.717) is 10.6 Å². The molecule has 1 aliphatic rings. The van der Waals surface area contributed by atoms with Crippen LogP contribution < -0.4 is 0 Å². The van der Waals surface area contributed by atoms with Gasteiger partial charge in [0, 0.05) is 10.0 Å². The molecular weight excluding hydrogens is 317 g/mol. The van der Waals surface area contributed by atoms with E-state index in [1.165, 1.54) is 17.4 Å². The van der Waals surface area contributed by atoms with Gasteiger partial charge in [-0.1, -0.05) is 15.9 Å². The zero-order valence-corrected chi connectivity index (χ0v) is 11.9. The van der Waals surface area contributed by atoms with E-state index in [2.05, 4.69) is 20.9 Å². The normalized spacial score (nSPS) is 18.7. The molecule has 3 rings (SSSR count). The van der Waals surface area contributed by atoms with Gasteiger partial charge in [0.1, 0.15) is 10.8 Å². The summed E-state index contributed by atoms with van der Waals surface area (Å²) >= 11 is 4.74. The smallest absolute Gasteiger partial charge is 0.133 e. The molecule has 0 bridgehead atoms. The molecule has 1 heterocycles. The largest absolute Gasteiger partial charge is 0.388 e. The summed E-state index contributed by atoms with van der Waals surface area (Å²) in [5.74, 6) is -0.279. The number of aliphatic hydroxyl groups excluding tert-OH is 1. The molecule has 1 N–H and O–H groups in total. The number of hydrogen-bond donors (Lipinski definition) is 1. The molecule has 0 radical (unpaired) electrons. The summed E-state index contributed by atoms with van der Waals surface area (Å²) < 4.78 is 14.6. The van der Waals surface area contributed by atoms with Crippen LogP contribution >= 0.6 is 27.3 Å². The van der Waals surface area contributed by atoms with Crippen molar-refractivity contribution in [3.05, 3.63) is 39.1 Å². The second-order valence-electron chi connectivity index (χ2n) is 4.36. The van der Waals surface area contributed by atoms with E-state index in [9.17, 15) is 9.50 Å². The fraction of sp³-hybridized carbons (Fsp3) is 0.308. The fourth-order valence-electron chi connectivity index (χ4n) is 2.17. The van der Waals surface area contributed by atoms with Gasteiger partial charge < -0.3 is 5.11 Å². The van der Waals surface area contributed by atoms with Crippen molar-refractivity contribution >= 4 is 27.3 Å². The second kappa shape index (κ2) is 4.72. The first-order valence-corrected chi connectivity index (χ1v) is 7.39. The summed E-state index contributed by atoms with van der Waals surface area (Å²) in [5.41, 5.74) is 1.42. The van der Waals surface area contributed by atoms with Crippen molar-refractivity contribution in [3.63, 3.8) is 0 Å². The van der Waals surface area contributed by atoms with Gasteiger partial charge in [-0.2, -0.15) is 0 Å². The van der Waals surface area contributed by atoms with E-state index < -0.39 is 6.10 Å². The van der Waals surface area contributed by atoms with Gasteiger partial charge in [0.25, 0.3) is 0 Å². The zero-order valence-electron chi connectivity index (χ0n) is 9.49. The fourth-order valence-corrected chi connectivity index (χ4v) is 3.68. The first-order chi connectivity index (χ1) is 8.65. The molecule has 2 nitrogen and oxygen atoms in total. The topological polar surface area (TPSA) is 33.1 Å². The van der Waals surface area contributed by atoms with Crippen molar-refractivity contribution in [3.8, 4) is 10.6 Å². The van der Waals surface area contributed by atoms with Crippen molar-refractivity contribution in [2.75, 3.05) is 0 Å². The number of halogens is 2. The highest BCUT2D eigenvalue weighted by Crippen LogP contribution is 2.38. The van der Waals surface area contributed by atoms with Crippen LogP contribution in [-0.2, 0) is 6.42 Å². The van der Waals surface area contributed by atoms with E-state index in [1.54, 1.807) is 12.1 Å². The molecule has 1 aliphatic carbocycles. The molecule has 1 aromatic heterocycles. The number of fused-ring (bicyclic) bond motifs is 1. The molecule has 0 fully saturated rings. The van der Waals surface area contributed by atoms with Crippen LogP contribution in [0.5, 0.6) is 0 Å². The summed E-state index contributed by atoms with van der Waals surface area (Å²) in [7, 11) is 0. The Morgan fingerprint density at radius 1 is 1.44 bits per heavy atom. The SMILES string of the molecule is OC1CCCc2nc(-c3cc(Br)ccc3F)sc21. The summed E-state index contributed by atoms with van der Waals surface area (Å²) in [4.78, 5) is 5.37. The van der Waals surface area contributed by atoms with Crippen LogP contribution in [-0.4, -0.2) is 10.1 Å². The zero-order chi connectivity index (χ0) is 12.7. The quantitative estimate of drug-likeness (QED) is 0.856. The molecule has 1 unspecified atom stereocenters. The van der Waals surface area contributed by atoms with Gasteiger partial charge in [0.2, 0.25) is 0 Å². The lowest BCUT2D eigenvalue weighted by Crippen LogP contribution is -2.06. The molecular formula is C13H11BrFNOS. The minimum atomic E-state index is -0.435. The van der Waals surface area contributed by atoms with Crippen LogP contribution in [0.15, 0.2) is 22.7 Å². The monoisotopic (exact) mass is 327 g/mol. The Morgan fingerprint density at radius 3 is 3.06 bits per heavy atom. The third kappa shape index (κ3) is 2.11. The lowest BCUT2D eigenvalue weighted by Gasteiger charge is -2.14. The number of nitrogens with zero attached hydrogens (tertiary/aromatic N) is 1. The molecule has 94 valence electrons. The van der Waals surface area contributed by atoms with Crippen LogP contribution in [0.2, 0.25) is 0 Å². The van der Waals surface area contributed by atoms with Crippen molar-refractivity contribution in [2.24, 2.45) is 0 Å². The summed E-state index contributed by atoms with van der Waals surface area (Å²) in [6.45, 7) is 0. The first-order valence-electron chi connectivity index (χ1n) is 5.78. The van der Waals surface area contributed by atoms with Gasteiger partial charge in [-0.25, -0.2) is 9.37 Å². The average molecular weight is 328 g/mol. The summed E-state index contributed by atoms with van der Waals surface area (Å²) in [6.07, 6.45) is 2.15. The molecule has 5 heteroatoms.